The second-order valence-corrected chi connectivity index (χ2v) is 5.48. The molecule has 0 unspecified atom stereocenters. The van der Waals surface area contributed by atoms with Gasteiger partial charge in [0.1, 0.15) is 6.04 Å². The zero-order valence-corrected chi connectivity index (χ0v) is 13.0. The van der Waals surface area contributed by atoms with E-state index in [1.807, 2.05) is 0 Å². The molecule has 0 bridgehead atoms. The van der Waals surface area contributed by atoms with Gasteiger partial charge in [-0.3, -0.25) is 4.79 Å². The van der Waals surface area contributed by atoms with Gasteiger partial charge in [0.15, 0.2) is 0 Å². The third-order valence-electron chi connectivity index (χ3n) is 2.78. The highest BCUT2D eigenvalue weighted by Gasteiger charge is 2.23. The normalized spacial score (nSPS) is 11.9. The van der Waals surface area contributed by atoms with E-state index >= 15 is 0 Å². The number of aromatic nitrogens is 2. The number of halogens is 2. The Morgan fingerprint density at radius 2 is 2.24 bits per heavy atom. The number of aromatic amines is 1. The molecule has 1 amide bonds. The minimum absolute atomic E-state index is 0.104. The first kappa shape index (κ1) is 15.5. The van der Waals surface area contributed by atoms with Crippen LogP contribution in [-0.4, -0.2) is 33.0 Å². The molecule has 0 aliphatic carbocycles. The lowest BCUT2D eigenvalue weighted by Crippen LogP contribution is -2.42. The maximum Gasteiger partial charge on any atom is 0.326 e. The van der Waals surface area contributed by atoms with Crippen LogP contribution in [0.3, 0.4) is 0 Å². The fraction of sp³-hybridized carbons (Fsp3) is 0.154. The van der Waals surface area contributed by atoms with Crippen molar-refractivity contribution in [2.24, 2.45) is 0 Å². The van der Waals surface area contributed by atoms with Gasteiger partial charge >= 0.3 is 5.97 Å². The van der Waals surface area contributed by atoms with Crippen LogP contribution in [0.2, 0.25) is 5.02 Å². The van der Waals surface area contributed by atoms with E-state index in [4.69, 9.17) is 11.6 Å². The largest absolute Gasteiger partial charge is 0.480 e. The molecule has 0 spiro atoms. The van der Waals surface area contributed by atoms with Gasteiger partial charge in [-0.05, 0) is 28.1 Å². The fourth-order valence-corrected chi connectivity index (χ4v) is 2.31. The molecular weight excluding hydrogens is 362 g/mol. The molecule has 6 nitrogen and oxygen atoms in total. The lowest BCUT2D eigenvalue weighted by Gasteiger charge is -2.14. The molecule has 0 saturated carbocycles. The van der Waals surface area contributed by atoms with Crippen LogP contribution in [-0.2, 0) is 11.2 Å². The molecule has 3 N–H and O–H groups in total. The number of nitrogens with zero attached hydrogens (tertiary/aromatic N) is 1. The molecule has 2 aromatic rings. The fourth-order valence-electron chi connectivity index (χ4n) is 1.73. The molecule has 0 aliphatic rings. The molecule has 1 atom stereocenters. The summed E-state index contributed by atoms with van der Waals surface area (Å²) in [4.78, 5) is 30.0. The van der Waals surface area contributed by atoms with E-state index in [0.717, 1.165) is 0 Å². The number of nitrogens with one attached hydrogen (secondary N) is 2. The second-order valence-electron chi connectivity index (χ2n) is 4.25. The number of H-pyrrole nitrogens is 1. The van der Waals surface area contributed by atoms with E-state index in [-0.39, 0.29) is 17.0 Å². The van der Waals surface area contributed by atoms with Crippen LogP contribution in [0.5, 0.6) is 0 Å². The SMILES string of the molecule is O=C(N[C@@H](Cc1cnc[nH]1)C(=O)O)c1cccc(Br)c1Cl. The molecular formula is C13H11BrClN3O3. The molecule has 0 fully saturated rings. The monoisotopic (exact) mass is 371 g/mol. The predicted molar refractivity (Wildman–Crippen MR) is 80.3 cm³/mol. The van der Waals surface area contributed by atoms with Gasteiger partial charge in [-0.1, -0.05) is 17.7 Å². The van der Waals surface area contributed by atoms with E-state index in [1.54, 1.807) is 12.1 Å². The van der Waals surface area contributed by atoms with Crippen molar-refractivity contribution in [3.8, 4) is 0 Å². The van der Waals surface area contributed by atoms with Gasteiger partial charge in [0.2, 0.25) is 0 Å². The first-order valence-corrected chi connectivity index (χ1v) is 7.11. The van der Waals surface area contributed by atoms with E-state index in [2.05, 4.69) is 31.2 Å². The third kappa shape index (κ3) is 3.83. The Labute approximate surface area is 133 Å². The highest BCUT2D eigenvalue weighted by Crippen LogP contribution is 2.25. The van der Waals surface area contributed by atoms with Crippen molar-refractivity contribution in [3.05, 3.63) is 51.5 Å². The first-order valence-electron chi connectivity index (χ1n) is 5.94. The summed E-state index contributed by atoms with van der Waals surface area (Å²) >= 11 is 9.24. The number of hydrogen-bond donors (Lipinski definition) is 3. The summed E-state index contributed by atoms with van der Waals surface area (Å²) in [5, 5.41) is 11.9. The minimum atomic E-state index is -1.14. The first-order chi connectivity index (χ1) is 9.99. The van der Waals surface area contributed by atoms with Crippen molar-refractivity contribution in [1.29, 1.82) is 0 Å². The van der Waals surface area contributed by atoms with Gasteiger partial charge < -0.3 is 15.4 Å². The molecule has 8 heteroatoms. The van der Waals surface area contributed by atoms with Crippen LogP contribution in [0.15, 0.2) is 35.2 Å². The summed E-state index contributed by atoms with van der Waals surface area (Å²) in [6.45, 7) is 0. The maximum atomic E-state index is 12.2. The van der Waals surface area contributed by atoms with Crippen LogP contribution in [0.1, 0.15) is 16.1 Å². The van der Waals surface area contributed by atoms with Crippen LogP contribution in [0, 0.1) is 0 Å². The minimum Gasteiger partial charge on any atom is -0.480 e. The molecule has 0 radical (unpaired) electrons. The summed E-state index contributed by atoms with van der Waals surface area (Å²) < 4.78 is 0.567. The van der Waals surface area contributed by atoms with Crippen molar-refractivity contribution < 1.29 is 14.7 Å². The Hall–Kier alpha value is -1.86. The van der Waals surface area contributed by atoms with Crippen molar-refractivity contribution >= 4 is 39.4 Å². The van der Waals surface area contributed by atoms with Crippen LogP contribution in [0.4, 0.5) is 0 Å². The third-order valence-corrected chi connectivity index (χ3v) is 4.07. The van der Waals surface area contributed by atoms with Crippen molar-refractivity contribution in [3.63, 3.8) is 0 Å². The smallest absolute Gasteiger partial charge is 0.326 e. The Morgan fingerprint density at radius 3 is 2.86 bits per heavy atom. The Morgan fingerprint density at radius 1 is 1.48 bits per heavy atom. The predicted octanol–water partition coefficient (Wildman–Crippen LogP) is 2.25. The summed E-state index contributed by atoms with van der Waals surface area (Å²) in [5.41, 5.74) is 0.824. The summed E-state index contributed by atoms with van der Waals surface area (Å²) in [6.07, 6.45) is 3.06. The summed E-state index contributed by atoms with van der Waals surface area (Å²) in [6, 6.07) is 3.79. The summed E-state index contributed by atoms with van der Waals surface area (Å²) in [5.74, 6) is -1.68. The van der Waals surface area contributed by atoms with Crippen molar-refractivity contribution in [2.75, 3.05) is 0 Å². The van der Waals surface area contributed by atoms with E-state index < -0.39 is 17.9 Å². The number of imidazole rings is 1. The maximum absolute atomic E-state index is 12.2. The van der Waals surface area contributed by atoms with Crippen LogP contribution >= 0.6 is 27.5 Å². The Kier molecular flexibility index (Phi) is 4.98. The lowest BCUT2D eigenvalue weighted by molar-refractivity contribution is -0.139. The van der Waals surface area contributed by atoms with Gasteiger partial charge in [0, 0.05) is 22.8 Å². The Bertz CT molecular complexity index is 661. The number of carbonyl (C=O) groups is 2. The number of carboxylic acids is 1. The zero-order valence-electron chi connectivity index (χ0n) is 10.6. The molecule has 1 aromatic carbocycles. The molecule has 2 rings (SSSR count). The molecule has 0 saturated heterocycles. The quantitative estimate of drug-likeness (QED) is 0.750. The second kappa shape index (κ2) is 6.73. The number of benzene rings is 1. The van der Waals surface area contributed by atoms with E-state index in [1.165, 1.54) is 18.6 Å². The molecule has 110 valence electrons. The van der Waals surface area contributed by atoms with Crippen molar-refractivity contribution in [1.82, 2.24) is 15.3 Å². The highest BCUT2D eigenvalue weighted by atomic mass is 79.9. The Balaban J connectivity index is 2.15. The average Bonchev–Trinajstić information content (AvgIpc) is 2.93. The van der Waals surface area contributed by atoms with Crippen molar-refractivity contribution in [2.45, 2.75) is 12.5 Å². The number of carboxylic acid groups (broad SMARTS) is 1. The number of rotatable bonds is 5. The average molecular weight is 373 g/mol. The van der Waals surface area contributed by atoms with Gasteiger partial charge in [0.25, 0.3) is 5.91 Å². The molecule has 21 heavy (non-hydrogen) atoms. The highest BCUT2D eigenvalue weighted by molar-refractivity contribution is 9.10. The van der Waals surface area contributed by atoms with E-state index in [0.29, 0.717) is 10.2 Å². The molecule has 0 aliphatic heterocycles. The number of amides is 1. The lowest BCUT2D eigenvalue weighted by atomic mass is 10.1. The summed E-state index contributed by atoms with van der Waals surface area (Å²) in [7, 11) is 0. The topological polar surface area (TPSA) is 95.1 Å². The number of carbonyl (C=O) groups excluding carboxylic acids is 1. The van der Waals surface area contributed by atoms with Crippen LogP contribution < -0.4 is 5.32 Å². The molecule has 1 aromatic heterocycles. The van der Waals surface area contributed by atoms with Gasteiger partial charge in [0.05, 0.1) is 16.9 Å². The number of hydrogen-bond acceptors (Lipinski definition) is 3. The van der Waals surface area contributed by atoms with Gasteiger partial charge in [-0.2, -0.15) is 0 Å². The van der Waals surface area contributed by atoms with Crippen LogP contribution in [0.25, 0.3) is 0 Å². The standard InChI is InChI=1S/C13H11BrClN3O3/c14-9-3-1-2-8(11(9)15)12(19)18-10(13(20)21)4-7-5-16-6-17-7/h1-3,5-6,10H,4H2,(H,16,17)(H,18,19)(H,20,21)/t10-/m0/s1. The number of aliphatic carboxylic acids is 1. The zero-order chi connectivity index (χ0) is 15.4. The van der Waals surface area contributed by atoms with Gasteiger partial charge in [-0.15, -0.1) is 0 Å². The molecule has 1 heterocycles. The van der Waals surface area contributed by atoms with Gasteiger partial charge in [-0.25, -0.2) is 9.78 Å². The van der Waals surface area contributed by atoms with E-state index in [9.17, 15) is 14.7 Å².